The van der Waals surface area contributed by atoms with Crippen LogP contribution in [0.2, 0.25) is 0 Å². The Labute approximate surface area is 176 Å². The van der Waals surface area contributed by atoms with Crippen molar-refractivity contribution in [2.24, 2.45) is 0 Å². The number of carbonyl (C=O) groups excluding carboxylic acids is 1. The number of methoxy groups -OCH3 is 1. The molecular weight excluding hydrogens is 378 g/mol. The first-order valence-electron chi connectivity index (χ1n) is 10.0. The van der Waals surface area contributed by atoms with Crippen LogP contribution in [-0.4, -0.2) is 41.1 Å². The number of hydrogen-bond acceptors (Lipinski definition) is 4. The standard InChI is InChI=1S/C24H27N3O3/c1-4-21(26(2)22(28)15-14-18-10-6-5-7-11-18)23-25-20-13-9-8-12-19(20)24(29)27(23)16-17-30-3/h5-15,21H,4,16-17H2,1-3H3/b15-14+. The van der Waals surface area contributed by atoms with Gasteiger partial charge in [-0.15, -0.1) is 0 Å². The second-order valence-corrected chi connectivity index (χ2v) is 7.05. The molecule has 0 radical (unpaired) electrons. The van der Waals surface area contributed by atoms with Gasteiger partial charge in [0.2, 0.25) is 5.91 Å². The molecule has 6 heteroatoms. The molecule has 0 aliphatic rings. The van der Waals surface area contributed by atoms with E-state index in [4.69, 9.17) is 9.72 Å². The summed E-state index contributed by atoms with van der Waals surface area (Å²) in [4.78, 5) is 32.4. The number of likely N-dealkylation sites (N-methyl/N-ethyl adjacent to an activating group) is 1. The fraction of sp³-hybridized carbons (Fsp3) is 0.292. The van der Waals surface area contributed by atoms with Crippen molar-refractivity contribution in [3.8, 4) is 0 Å². The second kappa shape index (κ2) is 9.98. The second-order valence-electron chi connectivity index (χ2n) is 7.05. The summed E-state index contributed by atoms with van der Waals surface area (Å²) >= 11 is 0. The highest BCUT2D eigenvalue weighted by molar-refractivity contribution is 5.91. The summed E-state index contributed by atoms with van der Waals surface area (Å²) in [7, 11) is 3.34. The molecule has 3 aromatic rings. The quantitative estimate of drug-likeness (QED) is 0.537. The Morgan fingerprint density at radius 2 is 1.87 bits per heavy atom. The van der Waals surface area contributed by atoms with E-state index < -0.39 is 0 Å². The third-order valence-corrected chi connectivity index (χ3v) is 5.13. The molecule has 1 unspecified atom stereocenters. The van der Waals surface area contributed by atoms with Crippen molar-refractivity contribution in [1.82, 2.24) is 14.5 Å². The number of fused-ring (bicyclic) bond motifs is 1. The highest BCUT2D eigenvalue weighted by atomic mass is 16.5. The number of aromatic nitrogens is 2. The third-order valence-electron chi connectivity index (χ3n) is 5.13. The molecule has 2 aromatic carbocycles. The molecule has 156 valence electrons. The number of hydrogen-bond donors (Lipinski definition) is 0. The molecule has 1 atom stereocenters. The monoisotopic (exact) mass is 405 g/mol. The molecule has 0 aliphatic carbocycles. The first kappa shape index (κ1) is 21.5. The van der Waals surface area contributed by atoms with Gasteiger partial charge < -0.3 is 9.64 Å². The van der Waals surface area contributed by atoms with Crippen LogP contribution in [-0.2, 0) is 16.1 Å². The van der Waals surface area contributed by atoms with Crippen LogP contribution in [0.15, 0.2) is 65.5 Å². The van der Waals surface area contributed by atoms with Gasteiger partial charge in [-0.05, 0) is 30.2 Å². The van der Waals surface area contributed by atoms with Gasteiger partial charge in [0, 0.05) is 20.2 Å². The van der Waals surface area contributed by atoms with E-state index in [1.165, 1.54) is 0 Å². The average Bonchev–Trinajstić information content (AvgIpc) is 2.78. The summed E-state index contributed by atoms with van der Waals surface area (Å²) in [5, 5.41) is 0.560. The predicted octanol–water partition coefficient (Wildman–Crippen LogP) is 3.67. The van der Waals surface area contributed by atoms with Crippen molar-refractivity contribution >= 4 is 22.9 Å². The van der Waals surface area contributed by atoms with E-state index >= 15 is 0 Å². The Morgan fingerprint density at radius 3 is 2.57 bits per heavy atom. The maximum Gasteiger partial charge on any atom is 0.261 e. The van der Waals surface area contributed by atoms with Crippen molar-refractivity contribution in [3.63, 3.8) is 0 Å². The Balaban J connectivity index is 1.99. The van der Waals surface area contributed by atoms with Crippen LogP contribution in [0.1, 0.15) is 30.8 Å². The Morgan fingerprint density at radius 1 is 1.17 bits per heavy atom. The maximum atomic E-state index is 13.1. The predicted molar refractivity (Wildman–Crippen MR) is 119 cm³/mol. The van der Waals surface area contributed by atoms with Crippen molar-refractivity contribution in [1.29, 1.82) is 0 Å². The van der Waals surface area contributed by atoms with Crippen LogP contribution in [0.5, 0.6) is 0 Å². The van der Waals surface area contributed by atoms with E-state index in [-0.39, 0.29) is 17.5 Å². The molecule has 0 saturated carbocycles. The first-order valence-corrected chi connectivity index (χ1v) is 10.0. The van der Waals surface area contributed by atoms with Crippen LogP contribution >= 0.6 is 0 Å². The summed E-state index contributed by atoms with van der Waals surface area (Å²) in [5.41, 5.74) is 1.46. The number of carbonyl (C=O) groups is 1. The van der Waals surface area contributed by atoms with Gasteiger partial charge in [-0.3, -0.25) is 14.2 Å². The molecule has 0 bridgehead atoms. The van der Waals surface area contributed by atoms with Crippen molar-refractivity contribution in [2.45, 2.75) is 25.9 Å². The molecule has 1 heterocycles. The Bertz CT molecular complexity index is 1090. The largest absolute Gasteiger partial charge is 0.383 e. The lowest BCUT2D eigenvalue weighted by atomic mass is 10.1. The Kier molecular flexibility index (Phi) is 7.14. The minimum absolute atomic E-state index is 0.119. The molecule has 1 amide bonds. The highest BCUT2D eigenvalue weighted by Crippen LogP contribution is 2.23. The molecule has 0 spiro atoms. The summed E-state index contributed by atoms with van der Waals surface area (Å²) in [6.07, 6.45) is 3.97. The van der Waals surface area contributed by atoms with E-state index in [1.54, 1.807) is 41.8 Å². The van der Waals surface area contributed by atoms with Crippen LogP contribution in [0, 0.1) is 0 Å². The van der Waals surface area contributed by atoms with Crippen molar-refractivity contribution in [2.75, 3.05) is 20.8 Å². The van der Waals surface area contributed by atoms with Gasteiger partial charge in [0.25, 0.3) is 5.56 Å². The van der Waals surface area contributed by atoms with Gasteiger partial charge in [0.1, 0.15) is 5.82 Å². The molecule has 0 fully saturated rings. The van der Waals surface area contributed by atoms with Crippen molar-refractivity contribution in [3.05, 3.63) is 82.4 Å². The summed E-state index contributed by atoms with van der Waals surface area (Å²) in [6, 6.07) is 16.6. The van der Waals surface area contributed by atoms with E-state index in [1.807, 2.05) is 55.5 Å². The van der Waals surface area contributed by atoms with Crippen LogP contribution in [0.3, 0.4) is 0 Å². The SMILES string of the molecule is CCC(c1nc2ccccc2c(=O)n1CCOC)N(C)C(=O)/C=C/c1ccccc1. The maximum absolute atomic E-state index is 13.1. The lowest BCUT2D eigenvalue weighted by Crippen LogP contribution is -2.36. The molecular formula is C24H27N3O3. The molecule has 0 saturated heterocycles. The first-order chi connectivity index (χ1) is 14.6. The lowest BCUT2D eigenvalue weighted by Gasteiger charge is -2.28. The van der Waals surface area contributed by atoms with Gasteiger partial charge in [-0.25, -0.2) is 4.98 Å². The topological polar surface area (TPSA) is 64.4 Å². The van der Waals surface area contributed by atoms with E-state index in [0.717, 1.165) is 5.56 Å². The van der Waals surface area contributed by atoms with Gasteiger partial charge >= 0.3 is 0 Å². The molecule has 0 N–H and O–H groups in total. The van der Waals surface area contributed by atoms with E-state index in [2.05, 4.69) is 0 Å². The zero-order chi connectivity index (χ0) is 21.5. The third kappa shape index (κ3) is 4.66. The van der Waals surface area contributed by atoms with E-state index in [9.17, 15) is 9.59 Å². The van der Waals surface area contributed by atoms with E-state index in [0.29, 0.717) is 36.3 Å². The fourth-order valence-electron chi connectivity index (χ4n) is 3.47. The van der Waals surface area contributed by atoms with Gasteiger partial charge in [0.15, 0.2) is 0 Å². The molecule has 6 nitrogen and oxygen atoms in total. The highest BCUT2D eigenvalue weighted by Gasteiger charge is 2.24. The van der Waals surface area contributed by atoms with Crippen LogP contribution < -0.4 is 5.56 Å². The molecule has 0 aliphatic heterocycles. The summed E-state index contributed by atoms with van der Waals surface area (Å²) in [6.45, 7) is 2.74. The zero-order valence-electron chi connectivity index (χ0n) is 17.6. The number of rotatable bonds is 8. The minimum Gasteiger partial charge on any atom is -0.383 e. The smallest absolute Gasteiger partial charge is 0.261 e. The Hall–Kier alpha value is -3.25. The molecule has 3 rings (SSSR count). The number of nitrogens with zero attached hydrogens (tertiary/aromatic N) is 3. The number of amides is 1. The van der Waals surface area contributed by atoms with Gasteiger partial charge in [-0.1, -0.05) is 49.4 Å². The lowest BCUT2D eigenvalue weighted by molar-refractivity contribution is -0.127. The van der Waals surface area contributed by atoms with Gasteiger partial charge in [-0.2, -0.15) is 0 Å². The zero-order valence-corrected chi connectivity index (χ0v) is 17.6. The number of ether oxygens (including phenoxy) is 1. The number of para-hydroxylation sites is 1. The van der Waals surface area contributed by atoms with Crippen LogP contribution in [0.25, 0.3) is 17.0 Å². The van der Waals surface area contributed by atoms with Crippen molar-refractivity contribution < 1.29 is 9.53 Å². The summed E-state index contributed by atoms with van der Waals surface area (Å²) in [5.74, 6) is 0.425. The average molecular weight is 405 g/mol. The van der Waals surface area contributed by atoms with Crippen LogP contribution in [0.4, 0.5) is 0 Å². The normalized spacial score (nSPS) is 12.4. The fourth-order valence-corrected chi connectivity index (χ4v) is 3.47. The van der Waals surface area contributed by atoms with Gasteiger partial charge in [0.05, 0.1) is 30.1 Å². The number of benzene rings is 2. The summed E-state index contributed by atoms with van der Waals surface area (Å²) < 4.78 is 6.83. The molecule has 30 heavy (non-hydrogen) atoms. The minimum atomic E-state index is -0.341. The molecule has 1 aromatic heterocycles.